The summed E-state index contributed by atoms with van der Waals surface area (Å²) in [5.41, 5.74) is 1.16. The summed E-state index contributed by atoms with van der Waals surface area (Å²) in [6, 6.07) is 10.6. The summed E-state index contributed by atoms with van der Waals surface area (Å²) in [6.07, 6.45) is 5.34. The van der Waals surface area contributed by atoms with Crippen LogP contribution in [0.3, 0.4) is 0 Å². The van der Waals surface area contributed by atoms with Gasteiger partial charge in [0.15, 0.2) is 9.84 Å². The summed E-state index contributed by atoms with van der Waals surface area (Å²) in [7, 11) is -3.46. The Hall–Kier alpha value is -5.03. The van der Waals surface area contributed by atoms with E-state index in [-0.39, 0.29) is 29.4 Å². The molecule has 47 heavy (non-hydrogen) atoms. The summed E-state index contributed by atoms with van der Waals surface area (Å²) in [4.78, 5) is 36.6. The molecule has 2 N–H and O–H groups in total. The highest BCUT2D eigenvalue weighted by molar-refractivity contribution is 7.91. The summed E-state index contributed by atoms with van der Waals surface area (Å²) in [5.74, 6) is -1.16. The second-order valence-electron chi connectivity index (χ2n) is 10.6. The molecule has 248 valence electrons. The second kappa shape index (κ2) is 14.6. The van der Waals surface area contributed by atoms with Gasteiger partial charge in [0.2, 0.25) is 5.88 Å². The third kappa shape index (κ3) is 8.42. The predicted octanol–water partition coefficient (Wildman–Crippen LogP) is 3.06. The minimum atomic E-state index is -3.46. The average Bonchev–Trinajstić information content (AvgIpc) is 3.74. The normalized spacial score (nSPS) is 17.1. The largest absolute Gasteiger partial charge is 0.481 e. The van der Waals surface area contributed by atoms with Crippen LogP contribution >= 0.6 is 0 Å². The molecule has 0 saturated carbocycles. The number of carbonyl (C=O) groups excluding carboxylic acids is 1. The number of carbonyl (C=O) groups is 2. The van der Waals surface area contributed by atoms with Crippen molar-refractivity contribution in [2.75, 3.05) is 23.8 Å². The molecule has 0 radical (unpaired) electrons. The number of anilines is 1. The Labute approximate surface area is 268 Å². The minimum absolute atomic E-state index is 0.0906. The van der Waals surface area contributed by atoms with Crippen molar-refractivity contribution in [2.24, 2.45) is 0 Å². The molecule has 1 fully saturated rings. The van der Waals surface area contributed by atoms with Gasteiger partial charge in [-0.25, -0.2) is 18.4 Å². The van der Waals surface area contributed by atoms with E-state index in [1.165, 1.54) is 66.8 Å². The molecular formula is C30H31F2N7O7S. The third-order valence-electron chi connectivity index (χ3n) is 7.46. The molecule has 0 aliphatic carbocycles. The highest BCUT2D eigenvalue weighted by Crippen LogP contribution is 2.28. The third-order valence-corrected chi connectivity index (χ3v) is 9.21. The molecule has 0 bridgehead atoms. The van der Waals surface area contributed by atoms with Crippen LogP contribution in [0.2, 0.25) is 0 Å². The topological polar surface area (TPSA) is 179 Å². The SMILES string of the molecule is CCS(=O)(=O)c1ccc([C@H](CC(=O)O)NC(=O)c2ccc(N3C[C@@H](Oc4ccc(-n5nccn5)cn4)CC3COC(F)F)nc2)cc1. The van der Waals surface area contributed by atoms with E-state index in [9.17, 15) is 31.9 Å². The van der Waals surface area contributed by atoms with Crippen LogP contribution in [0.25, 0.3) is 5.69 Å². The molecule has 0 spiro atoms. The van der Waals surface area contributed by atoms with Gasteiger partial charge in [-0.1, -0.05) is 19.1 Å². The van der Waals surface area contributed by atoms with Crippen LogP contribution in [0.4, 0.5) is 14.6 Å². The Morgan fingerprint density at radius 1 is 1.04 bits per heavy atom. The van der Waals surface area contributed by atoms with Crippen molar-refractivity contribution >= 4 is 27.5 Å². The smallest absolute Gasteiger partial charge is 0.345 e. The summed E-state index contributed by atoms with van der Waals surface area (Å²) >= 11 is 0. The highest BCUT2D eigenvalue weighted by atomic mass is 32.2. The summed E-state index contributed by atoms with van der Waals surface area (Å²) in [5, 5.41) is 20.2. The summed E-state index contributed by atoms with van der Waals surface area (Å²) < 4.78 is 60.8. The van der Waals surface area contributed by atoms with E-state index in [1.807, 2.05) is 0 Å². The molecule has 14 nitrogen and oxygen atoms in total. The molecule has 1 saturated heterocycles. The molecular weight excluding hydrogens is 640 g/mol. The van der Waals surface area contributed by atoms with E-state index in [0.29, 0.717) is 29.4 Å². The number of aromatic nitrogens is 5. The number of pyridine rings is 2. The fourth-order valence-electron chi connectivity index (χ4n) is 5.09. The van der Waals surface area contributed by atoms with Crippen molar-refractivity contribution in [1.82, 2.24) is 30.3 Å². The van der Waals surface area contributed by atoms with Crippen molar-refractivity contribution in [2.45, 2.75) is 49.5 Å². The molecule has 4 heterocycles. The van der Waals surface area contributed by atoms with Crippen LogP contribution in [-0.4, -0.2) is 88.0 Å². The Morgan fingerprint density at radius 2 is 1.79 bits per heavy atom. The number of carboxylic acid groups (broad SMARTS) is 1. The van der Waals surface area contributed by atoms with Crippen molar-refractivity contribution < 1.29 is 41.4 Å². The molecule has 4 aromatic rings. The number of amides is 1. The van der Waals surface area contributed by atoms with Gasteiger partial charge in [0, 0.05) is 18.7 Å². The fourth-order valence-corrected chi connectivity index (χ4v) is 5.98. The predicted molar refractivity (Wildman–Crippen MR) is 162 cm³/mol. The number of sulfone groups is 1. The lowest BCUT2D eigenvalue weighted by atomic mass is 10.0. The van der Waals surface area contributed by atoms with Gasteiger partial charge in [-0.3, -0.25) is 9.59 Å². The highest BCUT2D eigenvalue weighted by Gasteiger charge is 2.35. The monoisotopic (exact) mass is 671 g/mol. The number of ether oxygens (including phenoxy) is 2. The molecule has 3 atom stereocenters. The first-order chi connectivity index (χ1) is 22.5. The number of halogens is 2. The zero-order chi connectivity index (χ0) is 33.6. The number of nitrogens with zero attached hydrogens (tertiary/aromatic N) is 6. The maximum Gasteiger partial charge on any atom is 0.345 e. The van der Waals surface area contributed by atoms with E-state index in [4.69, 9.17) is 4.74 Å². The number of carboxylic acids is 1. The molecule has 1 aliphatic rings. The zero-order valence-electron chi connectivity index (χ0n) is 25.0. The Morgan fingerprint density at radius 3 is 2.38 bits per heavy atom. The average molecular weight is 672 g/mol. The van der Waals surface area contributed by atoms with Crippen LogP contribution < -0.4 is 15.0 Å². The van der Waals surface area contributed by atoms with Crippen molar-refractivity contribution in [3.8, 4) is 11.6 Å². The first-order valence-electron chi connectivity index (χ1n) is 14.5. The van der Waals surface area contributed by atoms with E-state index in [2.05, 4.69) is 30.2 Å². The van der Waals surface area contributed by atoms with Crippen LogP contribution in [-0.2, 0) is 19.4 Å². The number of aliphatic carboxylic acids is 1. The lowest BCUT2D eigenvalue weighted by Crippen LogP contribution is -2.35. The van der Waals surface area contributed by atoms with E-state index < -0.39 is 52.9 Å². The van der Waals surface area contributed by atoms with Gasteiger partial charge in [-0.15, -0.1) is 0 Å². The van der Waals surface area contributed by atoms with Gasteiger partial charge in [0.25, 0.3) is 5.91 Å². The molecule has 17 heteroatoms. The Bertz CT molecular complexity index is 1760. The Kier molecular flexibility index (Phi) is 10.4. The first kappa shape index (κ1) is 33.3. The number of nitrogens with one attached hydrogen (secondary N) is 1. The molecule has 1 unspecified atom stereocenters. The van der Waals surface area contributed by atoms with Gasteiger partial charge in [-0.05, 0) is 35.9 Å². The Balaban J connectivity index is 1.27. The molecule has 5 rings (SSSR count). The van der Waals surface area contributed by atoms with Crippen LogP contribution in [0, 0.1) is 0 Å². The number of hydrogen-bond acceptors (Lipinski definition) is 11. The lowest BCUT2D eigenvalue weighted by Gasteiger charge is -2.25. The number of hydrogen-bond donors (Lipinski definition) is 2. The van der Waals surface area contributed by atoms with Crippen LogP contribution in [0.15, 0.2) is 78.2 Å². The minimum Gasteiger partial charge on any atom is -0.481 e. The molecule has 3 aromatic heterocycles. The fraction of sp³-hybridized carbons (Fsp3) is 0.333. The lowest BCUT2D eigenvalue weighted by molar-refractivity contribution is -0.137. The van der Waals surface area contributed by atoms with Crippen molar-refractivity contribution in [3.05, 3.63) is 84.4 Å². The summed E-state index contributed by atoms with van der Waals surface area (Å²) in [6.45, 7) is -1.48. The van der Waals surface area contributed by atoms with Crippen molar-refractivity contribution in [1.29, 1.82) is 0 Å². The van der Waals surface area contributed by atoms with Crippen molar-refractivity contribution in [3.63, 3.8) is 0 Å². The van der Waals surface area contributed by atoms with Gasteiger partial charge in [0.1, 0.15) is 17.6 Å². The molecule has 1 aromatic carbocycles. The van der Waals surface area contributed by atoms with Gasteiger partial charge in [0.05, 0.1) is 66.5 Å². The standard InChI is InChI=1S/C30H31F2N7O7S/c1-2-47(43,44)24-7-3-19(4-8-24)25(14-28(40)41)37-29(42)20-5-9-26(33-15-20)38-17-23(13-22(38)18-45-30(31)32)46-27-10-6-21(16-34-27)39-35-11-12-36-39/h3-12,15-16,22-23,25,30H,2,13-14,17-18H2,1H3,(H,37,42)(H,40,41)/t22?,23-,25-/m0/s1. The molecule has 1 amide bonds. The maximum absolute atomic E-state index is 13.1. The van der Waals surface area contributed by atoms with Gasteiger partial charge < -0.3 is 24.8 Å². The van der Waals surface area contributed by atoms with E-state index in [1.54, 1.807) is 23.1 Å². The van der Waals surface area contributed by atoms with Crippen LogP contribution in [0.1, 0.15) is 41.7 Å². The number of rotatable bonds is 14. The van der Waals surface area contributed by atoms with Crippen LogP contribution in [0.5, 0.6) is 5.88 Å². The first-order valence-corrected chi connectivity index (χ1v) is 16.1. The second-order valence-corrected chi connectivity index (χ2v) is 12.8. The quantitative estimate of drug-likeness (QED) is 0.201. The number of alkyl halides is 2. The van der Waals surface area contributed by atoms with E-state index >= 15 is 0 Å². The maximum atomic E-state index is 13.1. The number of benzene rings is 1. The van der Waals surface area contributed by atoms with Gasteiger partial charge >= 0.3 is 12.6 Å². The van der Waals surface area contributed by atoms with E-state index in [0.717, 1.165) is 0 Å². The molecule has 1 aliphatic heterocycles. The van der Waals surface area contributed by atoms with Gasteiger partial charge in [-0.2, -0.15) is 23.8 Å². The zero-order valence-corrected chi connectivity index (χ0v) is 25.8.